The minimum Gasteiger partial charge on any atom is -0.380 e. The highest BCUT2D eigenvalue weighted by atomic mass is 35.5. The van der Waals surface area contributed by atoms with E-state index in [0.717, 1.165) is 32.3 Å². The van der Waals surface area contributed by atoms with Crippen molar-refractivity contribution >= 4 is 28.9 Å². The van der Waals surface area contributed by atoms with Crippen molar-refractivity contribution < 1.29 is 9.13 Å². The zero-order chi connectivity index (χ0) is 13.5. The van der Waals surface area contributed by atoms with E-state index in [9.17, 15) is 4.39 Å². The van der Waals surface area contributed by atoms with E-state index in [4.69, 9.17) is 27.9 Å². The molecule has 1 heterocycles. The van der Waals surface area contributed by atoms with Crippen molar-refractivity contribution in [3.63, 3.8) is 0 Å². The normalized spacial score (nSPS) is 25.1. The van der Waals surface area contributed by atoms with Crippen molar-refractivity contribution in [2.75, 3.05) is 11.9 Å². The Morgan fingerprint density at radius 1 is 1.26 bits per heavy atom. The summed E-state index contributed by atoms with van der Waals surface area (Å²) in [5.41, 5.74) is 0.695. The van der Waals surface area contributed by atoms with E-state index >= 15 is 0 Å². The van der Waals surface area contributed by atoms with Crippen molar-refractivity contribution in [1.82, 2.24) is 0 Å². The van der Waals surface area contributed by atoms with Gasteiger partial charge >= 0.3 is 0 Å². The van der Waals surface area contributed by atoms with Gasteiger partial charge in [-0.2, -0.15) is 0 Å². The Morgan fingerprint density at radius 3 is 2.53 bits per heavy atom. The van der Waals surface area contributed by atoms with Crippen LogP contribution in [0.5, 0.6) is 0 Å². The van der Waals surface area contributed by atoms with Crippen LogP contribution in [0.2, 0.25) is 10.0 Å². The summed E-state index contributed by atoms with van der Waals surface area (Å²) in [7, 11) is 0. The first kappa shape index (κ1) is 13.5. The molecule has 0 amide bonds. The fourth-order valence-corrected chi connectivity index (χ4v) is 3.52. The number of hydrogen-bond acceptors (Lipinski definition) is 2. The molecule has 3 rings (SSSR count). The molecule has 0 bridgehead atoms. The van der Waals surface area contributed by atoms with E-state index < -0.39 is 5.82 Å². The number of anilines is 1. The van der Waals surface area contributed by atoms with Crippen LogP contribution in [0.1, 0.15) is 32.1 Å². The predicted molar refractivity (Wildman–Crippen MR) is 75.6 cm³/mol. The second-order valence-corrected chi connectivity index (χ2v) is 6.28. The van der Waals surface area contributed by atoms with Gasteiger partial charge in [0.1, 0.15) is 5.82 Å². The summed E-state index contributed by atoms with van der Waals surface area (Å²) in [5.74, 6) is -0.414. The first-order chi connectivity index (χ1) is 9.08. The average Bonchev–Trinajstić information content (AvgIpc) is 2.32. The second kappa shape index (κ2) is 5.12. The van der Waals surface area contributed by atoms with E-state index in [-0.39, 0.29) is 11.6 Å². The molecular formula is C14H16Cl2FNO. The van der Waals surface area contributed by atoms with Crippen LogP contribution in [0.25, 0.3) is 0 Å². The summed E-state index contributed by atoms with van der Waals surface area (Å²) in [5, 5.41) is 4.02. The molecular weight excluding hydrogens is 288 g/mol. The molecule has 1 saturated carbocycles. The van der Waals surface area contributed by atoms with E-state index in [1.165, 1.54) is 18.6 Å². The molecule has 2 aliphatic rings. The lowest BCUT2D eigenvalue weighted by Gasteiger charge is -2.47. The van der Waals surface area contributed by atoms with Gasteiger partial charge in [0.25, 0.3) is 0 Å². The van der Waals surface area contributed by atoms with Gasteiger partial charge < -0.3 is 10.1 Å². The number of ether oxygens (including phenoxy) is 1. The molecule has 1 atom stereocenters. The smallest absolute Gasteiger partial charge is 0.126 e. The number of nitrogens with one attached hydrogen (secondary N) is 1. The minimum absolute atomic E-state index is 0.0644. The zero-order valence-corrected chi connectivity index (χ0v) is 12.0. The summed E-state index contributed by atoms with van der Waals surface area (Å²) >= 11 is 12.1. The van der Waals surface area contributed by atoms with Crippen molar-refractivity contribution in [1.29, 1.82) is 0 Å². The largest absolute Gasteiger partial charge is 0.380 e. The lowest BCUT2D eigenvalue weighted by molar-refractivity contribution is -0.130. The summed E-state index contributed by atoms with van der Waals surface area (Å²) in [6.07, 6.45) is 5.40. The molecule has 1 spiro atoms. The summed E-state index contributed by atoms with van der Waals surface area (Å²) in [4.78, 5) is 0. The molecule has 1 aliphatic carbocycles. The standard InChI is InChI=1S/C14H16Cl2FNO/c15-11-6-9(17)7-12(16)13(11)18-10-2-5-19-14(8-10)3-1-4-14/h6-7,10,18H,1-5,8H2. The molecule has 1 N–H and O–H groups in total. The maximum absolute atomic E-state index is 13.2. The Hall–Kier alpha value is -0.510. The van der Waals surface area contributed by atoms with Gasteiger partial charge in [-0.3, -0.25) is 0 Å². The van der Waals surface area contributed by atoms with Crippen molar-refractivity contribution in [3.8, 4) is 0 Å². The molecule has 19 heavy (non-hydrogen) atoms. The van der Waals surface area contributed by atoms with Gasteiger partial charge in [0.15, 0.2) is 0 Å². The fraction of sp³-hybridized carbons (Fsp3) is 0.571. The summed E-state index contributed by atoms with van der Waals surface area (Å²) in [6, 6.07) is 2.86. The zero-order valence-electron chi connectivity index (χ0n) is 10.5. The minimum atomic E-state index is -0.414. The Kier molecular flexibility index (Phi) is 3.63. The Balaban J connectivity index is 1.74. The molecule has 1 aromatic rings. The highest BCUT2D eigenvalue weighted by molar-refractivity contribution is 6.39. The lowest BCUT2D eigenvalue weighted by atomic mass is 9.74. The first-order valence-electron chi connectivity index (χ1n) is 6.63. The third-order valence-electron chi connectivity index (χ3n) is 4.11. The predicted octanol–water partition coefficient (Wildman–Crippen LogP) is 4.65. The maximum atomic E-state index is 13.2. The van der Waals surface area contributed by atoms with Gasteiger partial charge in [-0.15, -0.1) is 0 Å². The molecule has 2 fully saturated rings. The maximum Gasteiger partial charge on any atom is 0.126 e. The molecule has 0 radical (unpaired) electrons. The molecule has 0 aromatic heterocycles. The van der Waals surface area contributed by atoms with Gasteiger partial charge in [0, 0.05) is 12.6 Å². The Bertz CT molecular complexity index is 467. The molecule has 5 heteroatoms. The van der Waals surface area contributed by atoms with Crippen LogP contribution in [-0.4, -0.2) is 18.2 Å². The van der Waals surface area contributed by atoms with Gasteiger partial charge in [0.2, 0.25) is 0 Å². The molecule has 1 aliphatic heterocycles. The Labute approximate surface area is 122 Å². The van der Waals surface area contributed by atoms with Gasteiger partial charge in [-0.05, 0) is 44.2 Å². The quantitative estimate of drug-likeness (QED) is 0.859. The highest BCUT2D eigenvalue weighted by Crippen LogP contribution is 2.43. The highest BCUT2D eigenvalue weighted by Gasteiger charge is 2.42. The monoisotopic (exact) mass is 303 g/mol. The number of hydrogen-bond donors (Lipinski definition) is 1. The van der Waals surface area contributed by atoms with Crippen LogP contribution in [0.4, 0.5) is 10.1 Å². The SMILES string of the molecule is Fc1cc(Cl)c(NC2CCOC3(CCC3)C2)c(Cl)c1. The lowest BCUT2D eigenvalue weighted by Crippen LogP contribution is -2.49. The van der Waals surface area contributed by atoms with Crippen LogP contribution in [0.15, 0.2) is 12.1 Å². The van der Waals surface area contributed by atoms with Crippen molar-refractivity contribution in [2.45, 2.75) is 43.7 Å². The third kappa shape index (κ3) is 2.69. The topological polar surface area (TPSA) is 21.3 Å². The summed E-state index contributed by atoms with van der Waals surface area (Å²) < 4.78 is 19.0. The number of halogens is 3. The van der Waals surface area contributed by atoms with Gasteiger partial charge in [-0.25, -0.2) is 4.39 Å². The van der Waals surface area contributed by atoms with E-state index in [2.05, 4.69) is 5.32 Å². The molecule has 1 saturated heterocycles. The third-order valence-corrected chi connectivity index (χ3v) is 4.71. The van der Waals surface area contributed by atoms with Crippen molar-refractivity contribution in [2.24, 2.45) is 0 Å². The second-order valence-electron chi connectivity index (χ2n) is 5.46. The molecule has 1 aromatic carbocycles. The van der Waals surface area contributed by atoms with Gasteiger partial charge in [0.05, 0.1) is 21.3 Å². The molecule has 2 nitrogen and oxygen atoms in total. The van der Waals surface area contributed by atoms with E-state index in [0.29, 0.717) is 15.7 Å². The van der Waals surface area contributed by atoms with E-state index in [1.807, 2.05) is 0 Å². The van der Waals surface area contributed by atoms with Crippen LogP contribution >= 0.6 is 23.2 Å². The molecule has 104 valence electrons. The summed E-state index contributed by atoms with van der Waals surface area (Å²) in [6.45, 7) is 0.758. The number of benzene rings is 1. The average molecular weight is 304 g/mol. The Morgan fingerprint density at radius 2 is 1.95 bits per heavy atom. The van der Waals surface area contributed by atoms with Crippen molar-refractivity contribution in [3.05, 3.63) is 28.0 Å². The van der Waals surface area contributed by atoms with E-state index in [1.54, 1.807) is 0 Å². The molecule has 1 unspecified atom stereocenters. The fourth-order valence-electron chi connectivity index (χ4n) is 2.95. The first-order valence-corrected chi connectivity index (χ1v) is 7.39. The van der Waals surface area contributed by atoms with Crippen LogP contribution in [0.3, 0.4) is 0 Å². The van der Waals surface area contributed by atoms with Crippen LogP contribution < -0.4 is 5.32 Å². The van der Waals surface area contributed by atoms with Crippen LogP contribution in [-0.2, 0) is 4.74 Å². The number of rotatable bonds is 2. The van der Waals surface area contributed by atoms with Gasteiger partial charge in [-0.1, -0.05) is 23.2 Å². The van der Waals surface area contributed by atoms with Crippen LogP contribution in [0, 0.1) is 5.82 Å².